The van der Waals surface area contributed by atoms with E-state index in [4.69, 9.17) is 5.11 Å². The molecule has 116 valence electrons. The lowest BCUT2D eigenvalue weighted by Crippen LogP contribution is -2.42. The van der Waals surface area contributed by atoms with E-state index >= 15 is 0 Å². The molecule has 0 bridgehead atoms. The number of hydrogen-bond donors (Lipinski definition) is 2. The second-order valence-corrected chi connectivity index (χ2v) is 5.31. The zero-order chi connectivity index (χ0) is 15.4. The number of urea groups is 1. The lowest BCUT2D eigenvalue weighted by atomic mass is 10.2. The smallest absolute Gasteiger partial charge is 0.317 e. The van der Waals surface area contributed by atoms with Gasteiger partial charge in [0.05, 0.1) is 12.3 Å². The Kier molecular flexibility index (Phi) is 4.34. The van der Waals surface area contributed by atoms with Crippen LogP contribution in [0.5, 0.6) is 0 Å². The van der Waals surface area contributed by atoms with Crippen molar-refractivity contribution < 1.29 is 9.90 Å². The van der Waals surface area contributed by atoms with Crippen molar-refractivity contribution >= 4 is 6.03 Å². The number of nitrogens with zero attached hydrogens (tertiary/aromatic N) is 4. The van der Waals surface area contributed by atoms with Gasteiger partial charge in [0, 0.05) is 19.1 Å². The largest absolute Gasteiger partial charge is 0.395 e. The minimum Gasteiger partial charge on any atom is -0.395 e. The van der Waals surface area contributed by atoms with Crippen LogP contribution in [-0.4, -0.2) is 50.0 Å². The molecule has 1 heterocycles. The van der Waals surface area contributed by atoms with E-state index in [1.54, 1.807) is 15.9 Å². The second-order valence-electron chi connectivity index (χ2n) is 5.31. The van der Waals surface area contributed by atoms with Crippen molar-refractivity contribution in [1.29, 1.82) is 0 Å². The molecule has 0 unspecified atom stereocenters. The summed E-state index contributed by atoms with van der Waals surface area (Å²) in [5.74, 6) is 0. The summed E-state index contributed by atoms with van der Waals surface area (Å²) in [6.07, 6.45) is 5.18. The zero-order valence-corrected chi connectivity index (χ0v) is 12.2. The van der Waals surface area contributed by atoms with Crippen molar-refractivity contribution in [3.8, 4) is 5.69 Å². The highest BCUT2D eigenvalue weighted by atomic mass is 16.3. The normalized spacial score (nSPS) is 13.9. The van der Waals surface area contributed by atoms with Gasteiger partial charge < -0.3 is 15.3 Å². The third-order valence-corrected chi connectivity index (χ3v) is 3.65. The molecular weight excluding hydrogens is 282 g/mol. The Labute approximate surface area is 128 Å². The minimum atomic E-state index is -0.114. The van der Waals surface area contributed by atoms with Crippen LogP contribution in [-0.2, 0) is 6.54 Å². The summed E-state index contributed by atoms with van der Waals surface area (Å²) in [5, 5.41) is 16.0. The van der Waals surface area contributed by atoms with Crippen molar-refractivity contribution in [2.24, 2.45) is 0 Å². The second kappa shape index (κ2) is 6.57. The van der Waals surface area contributed by atoms with Crippen LogP contribution in [0, 0.1) is 0 Å². The van der Waals surface area contributed by atoms with Gasteiger partial charge in [0.25, 0.3) is 0 Å². The fourth-order valence-electron chi connectivity index (χ4n) is 2.33. The molecular formula is C15H19N5O2. The average molecular weight is 301 g/mol. The maximum absolute atomic E-state index is 12.1. The van der Waals surface area contributed by atoms with Crippen LogP contribution in [0.1, 0.15) is 18.4 Å². The molecule has 3 rings (SSSR count). The predicted molar refractivity (Wildman–Crippen MR) is 80.4 cm³/mol. The van der Waals surface area contributed by atoms with Crippen LogP contribution in [0.25, 0.3) is 5.69 Å². The number of aromatic nitrogens is 3. The van der Waals surface area contributed by atoms with Gasteiger partial charge in [-0.2, -0.15) is 5.10 Å². The molecule has 1 saturated carbocycles. The van der Waals surface area contributed by atoms with Crippen LogP contribution in [0.4, 0.5) is 4.79 Å². The molecule has 7 heteroatoms. The third-order valence-electron chi connectivity index (χ3n) is 3.65. The number of rotatable bonds is 6. The molecule has 22 heavy (non-hydrogen) atoms. The van der Waals surface area contributed by atoms with E-state index in [1.807, 2.05) is 24.3 Å². The Hall–Kier alpha value is -2.41. The number of hydrogen-bond acceptors (Lipinski definition) is 4. The number of nitrogens with one attached hydrogen (secondary N) is 1. The summed E-state index contributed by atoms with van der Waals surface area (Å²) in [6, 6.07) is 7.94. The van der Waals surface area contributed by atoms with Crippen LogP contribution >= 0.6 is 0 Å². The first kappa shape index (κ1) is 14.5. The highest BCUT2D eigenvalue weighted by molar-refractivity contribution is 5.74. The topological polar surface area (TPSA) is 83.3 Å². The number of carbonyl (C=O) groups excluding carboxylic acids is 1. The van der Waals surface area contributed by atoms with Gasteiger partial charge in [0.15, 0.2) is 0 Å². The Bertz CT molecular complexity index is 607. The quantitative estimate of drug-likeness (QED) is 0.831. The van der Waals surface area contributed by atoms with Gasteiger partial charge in [-0.1, -0.05) is 12.1 Å². The lowest BCUT2D eigenvalue weighted by molar-refractivity contribution is 0.173. The third kappa shape index (κ3) is 3.43. The molecule has 1 aliphatic carbocycles. The summed E-state index contributed by atoms with van der Waals surface area (Å²) in [6.45, 7) is 0.851. The van der Waals surface area contributed by atoms with Gasteiger partial charge in [-0.25, -0.2) is 14.5 Å². The van der Waals surface area contributed by atoms with E-state index in [-0.39, 0.29) is 12.6 Å². The van der Waals surface area contributed by atoms with E-state index in [0.717, 1.165) is 24.1 Å². The van der Waals surface area contributed by atoms with Crippen LogP contribution < -0.4 is 5.32 Å². The van der Waals surface area contributed by atoms with Crippen LogP contribution in [0.2, 0.25) is 0 Å². The lowest BCUT2D eigenvalue weighted by Gasteiger charge is -2.21. The van der Waals surface area contributed by atoms with Gasteiger partial charge in [-0.15, -0.1) is 0 Å². The average Bonchev–Trinajstić information content (AvgIpc) is 3.24. The summed E-state index contributed by atoms with van der Waals surface area (Å²) in [4.78, 5) is 17.7. The first-order valence-corrected chi connectivity index (χ1v) is 7.37. The first-order valence-electron chi connectivity index (χ1n) is 7.37. The Balaban J connectivity index is 1.55. The predicted octanol–water partition coefficient (Wildman–Crippen LogP) is 0.934. The minimum absolute atomic E-state index is 0.00345. The van der Waals surface area contributed by atoms with E-state index in [1.165, 1.54) is 6.33 Å². The van der Waals surface area contributed by atoms with Crippen LogP contribution in [0.15, 0.2) is 36.9 Å². The molecule has 2 N–H and O–H groups in total. The number of carbonyl (C=O) groups is 1. The maximum atomic E-state index is 12.1. The van der Waals surface area contributed by atoms with E-state index < -0.39 is 0 Å². The van der Waals surface area contributed by atoms with Crippen molar-refractivity contribution in [2.45, 2.75) is 25.4 Å². The molecule has 0 radical (unpaired) electrons. The standard InChI is InChI=1S/C15H19N5O2/c21-8-7-19(13-5-6-13)15(22)17-9-12-1-3-14(4-2-12)20-11-16-10-18-20/h1-4,10-11,13,21H,5-9H2,(H,17,22). The van der Waals surface area contributed by atoms with Gasteiger partial charge in [-0.05, 0) is 30.5 Å². The van der Waals surface area contributed by atoms with Crippen molar-refractivity contribution in [3.05, 3.63) is 42.5 Å². The molecule has 1 aromatic carbocycles. The molecule has 2 amide bonds. The Morgan fingerprint density at radius 1 is 1.36 bits per heavy atom. The van der Waals surface area contributed by atoms with E-state index in [9.17, 15) is 4.79 Å². The van der Waals surface area contributed by atoms with Gasteiger partial charge in [-0.3, -0.25) is 0 Å². The highest BCUT2D eigenvalue weighted by Crippen LogP contribution is 2.26. The number of aliphatic hydroxyl groups excluding tert-OH is 1. The Morgan fingerprint density at radius 3 is 2.73 bits per heavy atom. The first-order chi connectivity index (χ1) is 10.8. The summed E-state index contributed by atoms with van der Waals surface area (Å²) >= 11 is 0. The van der Waals surface area contributed by atoms with Gasteiger partial charge >= 0.3 is 6.03 Å². The van der Waals surface area contributed by atoms with Crippen molar-refractivity contribution in [2.75, 3.05) is 13.2 Å². The zero-order valence-electron chi connectivity index (χ0n) is 12.2. The summed E-state index contributed by atoms with van der Waals surface area (Å²) < 4.78 is 1.68. The monoisotopic (exact) mass is 301 g/mol. The molecule has 1 aliphatic rings. The molecule has 7 nitrogen and oxygen atoms in total. The molecule has 1 fully saturated rings. The Morgan fingerprint density at radius 2 is 2.14 bits per heavy atom. The molecule has 0 spiro atoms. The fraction of sp³-hybridized carbons (Fsp3) is 0.400. The SMILES string of the molecule is O=C(NCc1ccc(-n2cncn2)cc1)N(CCO)C1CC1. The summed E-state index contributed by atoms with van der Waals surface area (Å²) in [7, 11) is 0. The van der Waals surface area contributed by atoms with Crippen LogP contribution in [0.3, 0.4) is 0 Å². The van der Waals surface area contributed by atoms with Gasteiger partial charge in [0.1, 0.15) is 12.7 Å². The molecule has 0 atom stereocenters. The molecule has 0 aliphatic heterocycles. The van der Waals surface area contributed by atoms with E-state index in [0.29, 0.717) is 19.1 Å². The van der Waals surface area contributed by atoms with Gasteiger partial charge in [0.2, 0.25) is 0 Å². The molecule has 0 saturated heterocycles. The highest BCUT2D eigenvalue weighted by Gasteiger charge is 2.31. The number of benzene rings is 1. The fourth-order valence-corrected chi connectivity index (χ4v) is 2.33. The number of aliphatic hydroxyl groups is 1. The maximum Gasteiger partial charge on any atom is 0.317 e. The van der Waals surface area contributed by atoms with E-state index in [2.05, 4.69) is 15.4 Å². The van der Waals surface area contributed by atoms with Crippen molar-refractivity contribution in [3.63, 3.8) is 0 Å². The van der Waals surface area contributed by atoms with Crippen molar-refractivity contribution in [1.82, 2.24) is 25.0 Å². The molecule has 2 aromatic rings. The molecule has 1 aromatic heterocycles. The number of amides is 2. The summed E-state index contributed by atoms with van der Waals surface area (Å²) in [5.41, 5.74) is 1.93.